The largest absolute Gasteiger partial charge is 0.454 e. The third-order valence-electron chi connectivity index (χ3n) is 6.72. The summed E-state index contributed by atoms with van der Waals surface area (Å²) in [6, 6.07) is 13.0. The average molecular weight is 464 g/mol. The molecule has 0 unspecified atom stereocenters. The highest BCUT2D eigenvalue weighted by Crippen LogP contribution is 2.33. The predicted molar refractivity (Wildman–Crippen MR) is 125 cm³/mol. The van der Waals surface area contributed by atoms with E-state index in [4.69, 9.17) is 9.47 Å². The van der Waals surface area contributed by atoms with Gasteiger partial charge in [-0.15, -0.1) is 0 Å². The van der Waals surface area contributed by atoms with Crippen molar-refractivity contribution in [2.24, 2.45) is 0 Å². The van der Waals surface area contributed by atoms with E-state index in [1.165, 1.54) is 10.5 Å². The molecule has 8 nitrogen and oxygen atoms in total. The van der Waals surface area contributed by atoms with Gasteiger partial charge in [0.15, 0.2) is 11.5 Å². The Balaban J connectivity index is 0.992. The first kappa shape index (κ1) is 22.4. The molecule has 0 saturated carbocycles. The molecule has 3 amide bonds. The zero-order chi connectivity index (χ0) is 23.5. The van der Waals surface area contributed by atoms with Crippen LogP contribution in [0.2, 0.25) is 0 Å². The summed E-state index contributed by atoms with van der Waals surface area (Å²) in [7, 11) is 0. The van der Waals surface area contributed by atoms with Crippen molar-refractivity contribution in [3.8, 4) is 11.5 Å². The number of nitrogens with zero attached hydrogens (tertiary/aromatic N) is 3. The first-order valence-electron chi connectivity index (χ1n) is 11.9. The minimum Gasteiger partial charge on any atom is -0.454 e. The van der Waals surface area contributed by atoms with Crippen molar-refractivity contribution < 1.29 is 23.9 Å². The van der Waals surface area contributed by atoms with Gasteiger partial charge < -0.3 is 14.4 Å². The summed E-state index contributed by atoms with van der Waals surface area (Å²) in [4.78, 5) is 43.1. The molecule has 1 fully saturated rings. The second-order valence-electron chi connectivity index (χ2n) is 8.96. The van der Waals surface area contributed by atoms with Crippen LogP contribution in [-0.2, 0) is 11.3 Å². The summed E-state index contributed by atoms with van der Waals surface area (Å²) in [5, 5.41) is 0. The van der Waals surface area contributed by atoms with E-state index in [9.17, 15) is 14.4 Å². The van der Waals surface area contributed by atoms with Gasteiger partial charge in [-0.1, -0.05) is 24.6 Å². The highest BCUT2D eigenvalue weighted by Gasteiger charge is 2.34. The number of carbonyl (C=O) groups is 3. The van der Waals surface area contributed by atoms with E-state index in [-0.39, 0.29) is 24.5 Å². The molecule has 5 rings (SSSR count). The van der Waals surface area contributed by atoms with Crippen LogP contribution in [0.3, 0.4) is 0 Å². The van der Waals surface area contributed by atoms with Crippen molar-refractivity contribution in [1.82, 2.24) is 14.7 Å². The highest BCUT2D eigenvalue weighted by atomic mass is 16.7. The molecular weight excluding hydrogens is 434 g/mol. The lowest BCUT2D eigenvalue weighted by atomic mass is 10.1. The quantitative estimate of drug-likeness (QED) is 0.443. The summed E-state index contributed by atoms with van der Waals surface area (Å²) in [5.74, 6) is 1.35. The molecule has 2 aromatic carbocycles. The molecule has 8 heteroatoms. The van der Waals surface area contributed by atoms with Crippen LogP contribution in [0.4, 0.5) is 0 Å². The Bertz CT molecular complexity index is 1060. The number of amides is 3. The van der Waals surface area contributed by atoms with Gasteiger partial charge in [-0.2, -0.15) is 0 Å². The number of unbranched alkanes of at least 4 members (excludes halogenated alkanes) is 2. The Hall–Kier alpha value is -3.39. The predicted octanol–water partition coefficient (Wildman–Crippen LogP) is 2.92. The van der Waals surface area contributed by atoms with Crippen molar-refractivity contribution in [3.63, 3.8) is 0 Å². The zero-order valence-corrected chi connectivity index (χ0v) is 19.2. The van der Waals surface area contributed by atoms with Crippen LogP contribution in [0.15, 0.2) is 42.5 Å². The molecule has 0 spiro atoms. The molecule has 178 valence electrons. The van der Waals surface area contributed by atoms with E-state index in [0.29, 0.717) is 30.5 Å². The average Bonchev–Trinajstić information content (AvgIpc) is 3.42. The van der Waals surface area contributed by atoms with Gasteiger partial charge in [-0.3, -0.25) is 24.2 Å². The second-order valence-corrected chi connectivity index (χ2v) is 8.96. The highest BCUT2D eigenvalue weighted by molar-refractivity contribution is 6.21. The molecule has 0 aromatic heterocycles. The lowest BCUT2D eigenvalue weighted by molar-refractivity contribution is -0.133. The van der Waals surface area contributed by atoms with E-state index in [1.54, 1.807) is 24.3 Å². The van der Waals surface area contributed by atoms with Gasteiger partial charge in [0.1, 0.15) is 0 Å². The molecule has 3 aliphatic heterocycles. The fourth-order valence-electron chi connectivity index (χ4n) is 4.78. The fraction of sp³-hybridized carbons (Fsp3) is 0.423. The van der Waals surface area contributed by atoms with E-state index in [0.717, 1.165) is 57.1 Å². The maximum atomic E-state index is 12.6. The Labute approximate surface area is 199 Å². The minimum absolute atomic E-state index is 0.184. The number of benzene rings is 2. The minimum atomic E-state index is -0.213. The number of ether oxygens (including phenoxy) is 2. The Morgan fingerprint density at radius 3 is 2.26 bits per heavy atom. The monoisotopic (exact) mass is 463 g/mol. The molecule has 1 saturated heterocycles. The first-order chi connectivity index (χ1) is 16.6. The smallest absolute Gasteiger partial charge is 0.261 e. The molecule has 3 aliphatic rings. The van der Waals surface area contributed by atoms with E-state index >= 15 is 0 Å². The molecule has 34 heavy (non-hydrogen) atoms. The van der Waals surface area contributed by atoms with Crippen LogP contribution in [0, 0.1) is 0 Å². The van der Waals surface area contributed by atoms with E-state index < -0.39 is 0 Å². The maximum absolute atomic E-state index is 12.6. The van der Waals surface area contributed by atoms with Gasteiger partial charge in [-0.05, 0) is 42.7 Å². The van der Waals surface area contributed by atoms with Crippen molar-refractivity contribution in [2.75, 3.05) is 39.5 Å². The number of piperazine rings is 1. The van der Waals surface area contributed by atoms with Crippen LogP contribution < -0.4 is 9.47 Å². The Morgan fingerprint density at radius 1 is 0.824 bits per heavy atom. The SMILES string of the molecule is O=C(CCCCCN1C(=O)c2ccccc2C1=O)N1CCN(Cc2ccc3c(c2)OCO3)CC1. The lowest BCUT2D eigenvalue weighted by Crippen LogP contribution is -2.48. The van der Waals surface area contributed by atoms with Crippen molar-refractivity contribution >= 4 is 17.7 Å². The molecule has 2 aromatic rings. The summed E-state index contributed by atoms with van der Waals surface area (Å²) >= 11 is 0. The number of hydrogen-bond donors (Lipinski definition) is 0. The first-order valence-corrected chi connectivity index (χ1v) is 11.9. The van der Waals surface area contributed by atoms with Crippen molar-refractivity contribution in [1.29, 1.82) is 0 Å². The van der Waals surface area contributed by atoms with Gasteiger partial charge in [0, 0.05) is 45.7 Å². The van der Waals surface area contributed by atoms with Crippen molar-refractivity contribution in [2.45, 2.75) is 32.2 Å². The topological polar surface area (TPSA) is 79.4 Å². The number of carbonyl (C=O) groups excluding carboxylic acids is 3. The molecule has 3 heterocycles. The van der Waals surface area contributed by atoms with Gasteiger partial charge in [0.05, 0.1) is 11.1 Å². The number of rotatable bonds is 8. The van der Waals surface area contributed by atoms with Crippen LogP contribution >= 0.6 is 0 Å². The van der Waals surface area contributed by atoms with E-state index in [1.807, 2.05) is 17.0 Å². The summed E-state index contributed by atoms with van der Waals surface area (Å²) in [6.45, 7) is 4.68. The molecule has 0 atom stereocenters. The van der Waals surface area contributed by atoms with Crippen LogP contribution in [0.25, 0.3) is 0 Å². The van der Waals surface area contributed by atoms with Crippen LogP contribution in [0.1, 0.15) is 52.0 Å². The van der Waals surface area contributed by atoms with Gasteiger partial charge in [-0.25, -0.2) is 0 Å². The summed E-state index contributed by atoms with van der Waals surface area (Å²) in [6.07, 6.45) is 2.79. The standard InChI is InChI=1S/C26H29N3O5/c30-24(8-2-1-5-11-29-25(31)20-6-3-4-7-21(20)26(29)32)28-14-12-27(13-15-28)17-19-9-10-22-23(16-19)34-18-33-22/h3-4,6-7,9-10,16H,1-2,5,8,11-15,17-18H2. The molecule has 0 radical (unpaired) electrons. The molecular formula is C26H29N3O5. The third kappa shape index (κ3) is 4.63. The maximum Gasteiger partial charge on any atom is 0.261 e. The second kappa shape index (κ2) is 9.85. The normalized spacial score (nSPS) is 17.4. The number of fused-ring (bicyclic) bond motifs is 2. The number of imide groups is 1. The fourth-order valence-corrected chi connectivity index (χ4v) is 4.78. The lowest BCUT2D eigenvalue weighted by Gasteiger charge is -2.35. The van der Waals surface area contributed by atoms with Gasteiger partial charge in [0.2, 0.25) is 12.7 Å². The van der Waals surface area contributed by atoms with Gasteiger partial charge >= 0.3 is 0 Å². The Morgan fingerprint density at radius 2 is 1.53 bits per heavy atom. The van der Waals surface area contributed by atoms with Crippen LogP contribution in [-0.4, -0.2) is 71.9 Å². The Kier molecular flexibility index (Phi) is 6.49. The van der Waals surface area contributed by atoms with Crippen molar-refractivity contribution in [3.05, 3.63) is 59.2 Å². The zero-order valence-electron chi connectivity index (χ0n) is 19.2. The summed E-state index contributed by atoms with van der Waals surface area (Å²) in [5.41, 5.74) is 2.16. The van der Waals surface area contributed by atoms with Gasteiger partial charge in [0.25, 0.3) is 11.8 Å². The molecule has 0 aliphatic carbocycles. The van der Waals surface area contributed by atoms with E-state index in [2.05, 4.69) is 11.0 Å². The van der Waals surface area contributed by atoms with Crippen LogP contribution in [0.5, 0.6) is 11.5 Å². The number of hydrogen-bond acceptors (Lipinski definition) is 6. The molecule has 0 N–H and O–H groups in total. The third-order valence-corrected chi connectivity index (χ3v) is 6.72. The molecule has 0 bridgehead atoms. The summed E-state index contributed by atoms with van der Waals surface area (Å²) < 4.78 is 10.8.